The van der Waals surface area contributed by atoms with E-state index in [0.29, 0.717) is 11.5 Å². The second-order valence-corrected chi connectivity index (χ2v) is 5.21. The predicted molar refractivity (Wildman–Crippen MR) is 70.3 cm³/mol. The lowest BCUT2D eigenvalue weighted by molar-refractivity contribution is 0.0774. The monoisotopic (exact) mass is 251 g/mol. The van der Waals surface area contributed by atoms with Crippen molar-refractivity contribution >= 4 is 11.7 Å². The lowest BCUT2D eigenvalue weighted by Gasteiger charge is -2.21. The highest BCUT2D eigenvalue weighted by atomic mass is 16.2. The molecule has 1 amide bonds. The lowest BCUT2D eigenvalue weighted by atomic mass is 10.1. The van der Waals surface area contributed by atoms with Crippen LogP contribution in [0.25, 0.3) is 0 Å². The van der Waals surface area contributed by atoms with Crippen molar-refractivity contribution in [2.75, 3.05) is 39.5 Å². The van der Waals surface area contributed by atoms with Crippen LogP contribution in [0.2, 0.25) is 0 Å². The molecule has 1 aromatic rings. The largest absolute Gasteiger partial charge is 0.382 e. The van der Waals surface area contributed by atoms with Crippen LogP contribution in [0, 0.1) is 12.8 Å². The average molecular weight is 251 g/mol. The highest BCUT2D eigenvalue weighted by molar-refractivity contribution is 5.99. The van der Waals surface area contributed by atoms with Gasteiger partial charge in [0.15, 0.2) is 5.82 Å². The molecule has 1 fully saturated rings. The summed E-state index contributed by atoms with van der Waals surface area (Å²) in [6.45, 7) is 4.75. The van der Waals surface area contributed by atoms with Gasteiger partial charge in [-0.15, -0.1) is 0 Å². The Bertz CT molecular complexity index is 422. The molecule has 1 saturated heterocycles. The number of hydrogen-bond acceptors (Lipinski definition) is 4. The number of hydrogen-bond donors (Lipinski definition) is 2. The van der Waals surface area contributed by atoms with Crippen molar-refractivity contribution in [3.8, 4) is 0 Å². The zero-order valence-corrected chi connectivity index (χ0v) is 11.2. The zero-order chi connectivity index (χ0) is 13.3. The Balaban J connectivity index is 2.01. The molecule has 100 valence electrons. The van der Waals surface area contributed by atoms with E-state index in [-0.39, 0.29) is 11.7 Å². The Morgan fingerprint density at radius 2 is 2.39 bits per heavy atom. The predicted octanol–water partition coefficient (Wildman–Crippen LogP) is 0.324. The van der Waals surface area contributed by atoms with Crippen LogP contribution in [-0.4, -0.2) is 59.6 Å². The van der Waals surface area contributed by atoms with E-state index >= 15 is 0 Å². The number of nitrogens with two attached hydrogens (primary N) is 1. The van der Waals surface area contributed by atoms with Crippen molar-refractivity contribution in [1.82, 2.24) is 20.0 Å². The first kappa shape index (κ1) is 12.9. The van der Waals surface area contributed by atoms with Gasteiger partial charge in [0.2, 0.25) is 0 Å². The molecule has 1 aromatic heterocycles. The fourth-order valence-corrected chi connectivity index (χ4v) is 2.55. The smallest absolute Gasteiger partial charge is 0.259 e. The number of likely N-dealkylation sites (tertiary alicyclic amines) is 1. The Morgan fingerprint density at radius 3 is 2.89 bits per heavy atom. The number of carbonyl (C=O) groups is 1. The quantitative estimate of drug-likeness (QED) is 0.811. The van der Waals surface area contributed by atoms with Gasteiger partial charge in [0, 0.05) is 25.8 Å². The first-order valence-electron chi connectivity index (χ1n) is 6.23. The van der Waals surface area contributed by atoms with E-state index in [1.807, 2.05) is 14.0 Å². The van der Waals surface area contributed by atoms with Gasteiger partial charge in [0.25, 0.3) is 5.91 Å². The SMILES string of the molecule is Cc1[nH]nc(N)c1C(=O)N(C)CC1CCN(C)C1. The molecule has 2 heterocycles. The zero-order valence-electron chi connectivity index (χ0n) is 11.2. The van der Waals surface area contributed by atoms with Crippen molar-refractivity contribution in [2.24, 2.45) is 5.92 Å². The molecule has 2 rings (SSSR count). The molecule has 6 heteroatoms. The minimum atomic E-state index is -0.0479. The number of nitrogen functional groups attached to an aromatic ring is 1. The third kappa shape index (κ3) is 2.48. The van der Waals surface area contributed by atoms with Crippen molar-refractivity contribution < 1.29 is 4.79 Å². The number of H-pyrrole nitrogens is 1. The molecule has 1 atom stereocenters. The van der Waals surface area contributed by atoms with E-state index in [4.69, 9.17) is 5.73 Å². The van der Waals surface area contributed by atoms with Crippen molar-refractivity contribution in [1.29, 1.82) is 0 Å². The molecule has 1 aliphatic heterocycles. The molecule has 18 heavy (non-hydrogen) atoms. The summed E-state index contributed by atoms with van der Waals surface area (Å²) in [4.78, 5) is 16.3. The van der Waals surface area contributed by atoms with Crippen molar-refractivity contribution in [3.05, 3.63) is 11.3 Å². The number of nitrogens with zero attached hydrogens (tertiary/aromatic N) is 3. The van der Waals surface area contributed by atoms with Gasteiger partial charge >= 0.3 is 0 Å². The molecule has 6 nitrogen and oxygen atoms in total. The maximum absolute atomic E-state index is 12.3. The second-order valence-electron chi connectivity index (χ2n) is 5.21. The molecule has 1 aliphatic rings. The van der Waals surface area contributed by atoms with Gasteiger partial charge in [0.1, 0.15) is 5.56 Å². The molecule has 0 spiro atoms. The lowest BCUT2D eigenvalue weighted by Crippen LogP contribution is -2.33. The second kappa shape index (κ2) is 4.97. The van der Waals surface area contributed by atoms with Gasteiger partial charge in [-0.2, -0.15) is 5.10 Å². The normalized spacial score (nSPS) is 20.3. The van der Waals surface area contributed by atoms with E-state index < -0.39 is 0 Å². The Hall–Kier alpha value is -1.56. The topological polar surface area (TPSA) is 78.2 Å². The number of aryl methyl sites for hydroxylation is 1. The number of amides is 1. The summed E-state index contributed by atoms with van der Waals surface area (Å²) in [6.07, 6.45) is 1.15. The number of anilines is 1. The Kier molecular flexibility index (Phi) is 3.56. The van der Waals surface area contributed by atoms with Crippen LogP contribution in [0.5, 0.6) is 0 Å². The number of carbonyl (C=O) groups excluding carboxylic acids is 1. The summed E-state index contributed by atoms with van der Waals surface area (Å²) in [5.41, 5.74) is 6.95. The molecule has 0 aromatic carbocycles. The molecular weight excluding hydrogens is 230 g/mol. The molecular formula is C12H21N5O. The molecule has 3 N–H and O–H groups in total. The number of aromatic amines is 1. The highest BCUT2D eigenvalue weighted by Crippen LogP contribution is 2.18. The maximum Gasteiger partial charge on any atom is 0.259 e. The minimum Gasteiger partial charge on any atom is -0.382 e. The van der Waals surface area contributed by atoms with E-state index in [1.54, 1.807) is 4.90 Å². The van der Waals surface area contributed by atoms with Crippen molar-refractivity contribution in [3.63, 3.8) is 0 Å². The van der Waals surface area contributed by atoms with Crippen LogP contribution in [-0.2, 0) is 0 Å². The molecule has 0 radical (unpaired) electrons. The number of aromatic nitrogens is 2. The summed E-state index contributed by atoms with van der Waals surface area (Å²) in [7, 11) is 3.94. The summed E-state index contributed by atoms with van der Waals surface area (Å²) in [6, 6.07) is 0. The Morgan fingerprint density at radius 1 is 1.67 bits per heavy atom. The summed E-state index contributed by atoms with van der Waals surface area (Å²) < 4.78 is 0. The average Bonchev–Trinajstić information content (AvgIpc) is 2.85. The summed E-state index contributed by atoms with van der Waals surface area (Å²) in [5.74, 6) is 0.790. The van der Waals surface area contributed by atoms with Gasteiger partial charge in [-0.05, 0) is 32.9 Å². The Labute approximate surface area is 107 Å². The first-order chi connectivity index (χ1) is 8.49. The number of nitrogens with one attached hydrogen (secondary N) is 1. The number of rotatable bonds is 3. The van der Waals surface area contributed by atoms with E-state index in [2.05, 4.69) is 22.1 Å². The van der Waals surface area contributed by atoms with Crippen LogP contribution in [0.4, 0.5) is 5.82 Å². The molecule has 0 aliphatic carbocycles. The summed E-state index contributed by atoms with van der Waals surface area (Å²) in [5, 5.41) is 6.60. The molecule has 0 saturated carbocycles. The van der Waals surface area contributed by atoms with Crippen LogP contribution in [0.1, 0.15) is 22.5 Å². The maximum atomic E-state index is 12.3. The van der Waals surface area contributed by atoms with Crippen LogP contribution >= 0.6 is 0 Å². The van der Waals surface area contributed by atoms with Gasteiger partial charge in [-0.25, -0.2) is 0 Å². The molecule has 1 unspecified atom stereocenters. The van der Waals surface area contributed by atoms with Gasteiger partial charge < -0.3 is 15.5 Å². The standard InChI is InChI=1S/C12H21N5O/c1-8-10(11(13)15-14-8)12(18)17(3)7-9-4-5-16(2)6-9/h9H,4-7H2,1-3H3,(H3,13,14,15). The first-order valence-corrected chi connectivity index (χ1v) is 6.23. The highest BCUT2D eigenvalue weighted by Gasteiger charge is 2.25. The van der Waals surface area contributed by atoms with Crippen LogP contribution in [0.15, 0.2) is 0 Å². The van der Waals surface area contributed by atoms with E-state index in [9.17, 15) is 4.79 Å². The van der Waals surface area contributed by atoms with Crippen molar-refractivity contribution in [2.45, 2.75) is 13.3 Å². The van der Waals surface area contributed by atoms with E-state index in [0.717, 1.165) is 31.7 Å². The minimum absolute atomic E-state index is 0.0479. The van der Waals surface area contributed by atoms with Crippen LogP contribution in [0.3, 0.4) is 0 Å². The van der Waals surface area contributed by atoms with Crippen LogP contribution < -0.4 is 5.73 Å². The fourth-order valence-electron chi connectivity index (χ4n) is 2.55. The van der Waals surface area contributed by atoms with E-state index in [1.165, 1.54) is 0 Å². The van der Waals surface area contributed by atoms with Gasteiger partial charge in [-0.1, -0.05) is 0 Å². The third-order valence-electron chi connectivity index (χ3n) is 3.56. The molecule has 0 bridgehead atoms. The summed E-state index contributed by atoms with van der Waals surface area (Å²) >= 11 is 0. The third-order valence-corrected chi connectivity index (χ3v) is 3.56. The van der Waals surface area contributed by atoms with Gasteiger partial charge in [-0.3, -0.25) is 9.89 Å². The van der Waals surface area contributed by atoms with Gasteiger partial charge in [0.05, 0.1) is 0 Å². The fraction of sp³-hybridized carbons (Fsp3) is 0.667.